The predicted octanol–water partition coefficient (Wildman–Crippen LogP) is 0.0416. The first-order valence-corrected chi connectivity index (χ1v) is 5.52. The van der Waals surface area contributed by atoms with Gasteiger partial charge in [0.05, 0.1) is 6.20 Å². The zero-order valence-electron chi connectivity index (χ0n) is 10.0. The minimum absolute atomic E-state index is 0.231. The molecule has 6 nitrogen and oxygen atoms in total. The summed E-state index contributed by atoms with van der Waals surface area (Å²) in [5.74, 6) is 5.35. The van der Waals surface area contributed by atoms with Gasteiger partial charge in [-0.3, -0.25) is 5.43 Å². The lowest BCUT2D eigenvalue weighted by Gasteiger charge is -2.21. The highest BCUT2D eigenvalue weighted by Gasteiger charge is 2.27. The fourth-order valence-electron chi connectivity index (χ4n) is 2.01. The first-order valence-electron chi connectivity index (χ1n) is 5.52. The van der Waals surface area contributed by atoms with E-state index in [4.69, 9.17) is 5.84 Å². The highest BCUT2D eigenvalue weighted by molar-refractivity contribution is 5.44. The number of anilines is 2. The van der Waals surface area contributed by atoms with Crippen LogP contribution in [0, 0.1) is 5.82 Å². The van der Waals surface area contributed by atoms with E-state index in [0.717, 1.165) is 25.7 Å². The Labute approximate surface area is 99.6 Å². The summed E-state index contributed by atoms with van der Waals surface area (Å²) in [5.41, 5.74) is 2.33. The van der Waals surface area contributed by atoms with Gasteiger partial charge < -0.3 is 9.80 Å². The molecule has 1 atom stereocenters. The van der Waals surface area contributed by atoms with Crippen molar-refractivity contribution in [3.63, 3.8) is 0 Å². The summed E-state index contributed by atoms with van der Waals surface area (Å²) in [7, 11) is 4.05. The van der Waals surface area contributed by atoms with E-state index in [0.29, 0.717) is 11.9 Å². The summed E-state index contributed by atoms with van der Waals surface area (Å²) in [6, 6.07) is 0.429. The monoisotopic (exact) mass is 240 g/mol. The summed E-state index contributed by atoms with van der Waals surface area (Å²) in [6.07, 6.45) is 2.14. The molecular formula is C10H17FN6. The average Bonchev–Trinajstić information content (AvgIpc) is 2.79. The number of nitrogens with zero attached hydrogens (tertiary/aromatic N) is 4. The van der Waals surface area contributed by atoms with E-state index in [1.807, 2.05) is 19.0 Å². The molecule has 0 saturated carbocycles. The van der Waals surface area contributed by atoms with Crippen LogP contribution in [0.4, 0.5) is 16.2 Å². The maximum absolute atomic E-state index is 13.6. The van der Waals surface area contributed by atoms with Crippen molar-refractivity contribution < 1.29 is 4.39 Å². The molecule has 0 aliphatic carbocycles. The van der Waals surface area contributed by atoms with Gasteiger partial charge in [-0.25, -0.2) is 15.2 Å². The second-order valence-electron chi connectivity index (χ2n) is 4.36. The Balaban J connectivity index is 2.18. The van der Waals surface area contributed by atoms with Crippen LogP contribution in [-0.4, -0.2) is 48.1 Å². The van der Waals surface area contributed by atoms with Crippen LogP contribution in [-0.2, 0) is 0 Å². The first-order chi connectivity index (χ1) is 8.11. The van der Waals surface area contributed by atoms with Crippen LogP contribution in [0.5, 0.6) is 0 Å². The quantitative estimate of drug-likeness (QED) is 0.574. The van der Waals surface area contributed by atoms with Crippen LogP contribution >= 0.6 is 0 Å². The number of halogens is 1. The Morgan fingerprint density at radius 3 is 2.94 bits per heavy atom. The first kappa shape index (κ1) is 12.0. The van der Waals surface area contributed by atoms with Crippen molar-refractivity contribution in [1.29, 1.82) is 0 Å². The number of likely N-dealkylation sites (N-methyl/N-ethyl adjacent to an activating group) is 1. The Kier molecular flexibility index (Phi) is 3.39. The topological polar surface area (TPSA) is 70.3 Å². The van der Waals surface area contributed by atoms with Gasteiger partial charge >= 0.3 is 0 Å². The number of rotatable bonds is 3. The van der Waals surface area contributed by atoms with E-state index in [1.165, 1.54) is 0 Å². The van der Waals surface area contributed by atoms with Gasteiger partial charge in [0.25, 0.3) is 0 Å². The SMILES string of the molecule is CN(C)C1CCN(c2nc(NN)ncc2F)C1. The normalized spacial score (nSPS) is 20.1. The maximum Gasteiger partial charge on any atom is 0.239 e. The Morgan fingerprint density at radius 1 is 1.59 bits per heavy atom. The molecule has 0 aromatic carbocycles. The summed E-state index contributed by atoms with van der Waals surface area (Å²) in [5, 5.41) is 0. The lowest BCUT2D eigenvalue weighted by molar-refractivity contribution is 0.315. The molecule has 0 radical (unpaired) electrons. The molecule has 2 heterocycles. The smallest absolute Gasteiger partial charge is 0.239 e. The van der Waals surface area contributed by atoms with Crippen molar-refractivity contribution in [3.8, 4) is 0 Å². The molecule has 1 aromatic rings. The highest BCUT2D eigenvalue weighted by Crippen LogP contribution is 2.23. The standard InChI is InChI=1S/C10H17FN6/c1-16(2)7-3-4-17(6-7)9-8(11)5-13-10(14-9)15-12/h5,7H,3-4,6,12H2,1-2H3,(H,13,14,15). The summed E-state index contributed by atoms with van der Waals surface area (Å²) in [6.45, 7) is 1.56. The van der Waals surface area contributed by atoms with E-state index in [9.17, 15) is 4.39 Å². The van der Waals surface area contributed by atoms with E-state index in [2.05, 4.69) is 20.3 Å². The number of hydrogen-bond acceptors (Lipinski definition) is 6. The van der Waals surface area contributed by atoms with Gasteiger partial charge in [0.2, 0.25) is 5.95 Å². The molecule has 2 rings (SSSR count). The van der Waals surface area contributed by atoms with E-state index < -0.39 is 5.82 Å². The van der Waals surface area contributed by atoms with Gasteiger partial charge in [-0.1, -0.05) is 0 Å². The van der Waals surface area contributed by atoms with Crippen LogP contribution in [0.1, 0.15) is 6.42 Å². The molecule has 1 aliphatic rings. The lowest BCUT2D eigenvalue weighted by Crippen LogP contribution is -2.32. The van der Waals surface area contributed by atoms with Gasteiger partial charge in [-0.05, 0) is 20.5 Å². The average molecular weight is 240 g/mol. The van der Waals surface area contributed by atoms with Crippen LogP contribution in [0.25, 0.3) is 0 Å². The number of hydrogen-bond donors (Lipinski definition) is 2. The molecule has 1 unspecified atom stereocenters. The summed E-state index contributed by atoms with van der Waals surface area (Å²) in [4.78, 5) is 11.8. The van der Waals surface area contributed by atoms with Crippen LogP contribution in [0.15, 0.2) is 6.20 Å². The molecular weight excluding hydrogens is 223 g/mol. The number of nitrogens with one attached hydrogen (secondary N) is 1. The third kappa shape index (κ3) is 2.45. The van der Waals surface area contributed by atoms with Crippen molar-refractivity contribution in [2.45, 2.75) is 12.5 Å². The molecule has 94 valence electrons. The van der Waals surface area contributed by atoms with Crippen molar-refractivity contribution in [3.05, 3.63) is 12.0 Å². The van der Waals surface area contributed by atoms with Crippen molar-refractivity contribution >= 4 is 11.8 Å². The molecule has 1 fully saturated rings. The largest absolute Gasteiger partial charge is 0.352 e. The van der Waals surface area contributed by atoms with Crippen molar-refractivity contribution in [2.24, 2.45) is 5.84 Å². The second-order valence-corrected chi connectivity index (χ2v) is 4.36. The Morgan fingerprint density at radius 2 is 2.35 bits per heavy atom. The molecule has 1 aromatic heterocycles. The third-order valence-electron chi connectivity index (χ3n) is 3.05. The molecule has 0 amide bonds. The number of nitrogens with two attached hydrogens (primary N) is 1. The van der Waals surface area contributed by atoms with E-state index >= 15 is 0 Å². The number of nitrogen functional groups attached to an aromatic ring is 1. The molecule has 3 N–H and O–H groups in total. The van der Waals surface area contributed by atoms with Crippen molar-refractivity contribution in [2.75, 3.05) is 37.5 Å². The molecule has 0 bridgehead atoms. The Bertz CT molecular complexity index is 396. The summed E-state index contributed by atoms with van der Waals surface area (Å²) < 4.78 is 13.6. The number of aromatic nitrogens is 2. The molecule has 17 heavy (non-hydrogen) atoms. The van der Waals surface area contributed by atoms with Gasteiger partial charge in [-0.2, -0.15) is 4.98 Å². The Hall–Kier alpha value is -1.47. The second kappa shape index (κ2) is 4.80. The predicted molar refractivity (Wildman–Crippen MR) is 64.1 cm³/mol. The molecule has 1 saturated heterocycles. The minimum Gasteiger partial charge on any atom is -0.352 e. The van der Waals surface area contributed by atoms with E-state index in [1.54, 1.807) is 0 Å². The molecule has 0 spiro atoms. The molecule has 1 aliphatic heterocycles. The van der Waals surface area contributed by atoms with Gasteiger partial charge in [0, 0.05) is 19.1 Å². The lowest BCUT2D eigenvalue weighted by atomic mass is 10.2. The van der Waals surface area contributed by atoms with E-state index in [-0.39, 0.29) is 5.95 Å². The van der Waals surface area contributed by atoms with Crippen LogP contribution in [0.2, 0.25) is 0 Å². The zero-order chi connectivity index (χ0) is 12.4. The fraction of sp³-hybridized carbons (Fsp3) is 0.600. The van der Waals surface area contributed by atoms with Crippen LogP contribution < -0.4 is 16.2 Å². The zero-order valence-corrected chi connectivity index (χ0v) is 10.0. The fourth-order valence-corrected chi connectivity index (χ4v) is 2.01. The van der Waals surface area contributed by atoms with Gasteiger partial charge in [-0.15, -0.1) is 0 Å². The molecule has 7 heteroatoms. The third-order valence-corrected chi connectivity index (χ3v) is 3.05. The van der Waals surface area contributed by atoms with Crippen molar-refractivity contribution in [1.82, 2.24) is 14.9 Å². The van der Waals surface area contributed by atoms with Gasteiger partial charge in [0.1, 0.15) is 0 Å². The highest BCUT2D eigenvalue weighted by atomic mass is 19.1. The van der Waals surface area contributed by atoms with Gasteiger partial charge in [0.15, 0.2) is 11.6 Å². The summed E-state index contributed by atoms with van der Waals surface area (Å²) >= 11 is 0. The van der Waals surface area contributed by atoms with Crippen LogP contribution in [0.3, 0.4) is 0 Å². The maximum atomic E-state index is 13.6. The number of hydrazine groups is 1. The minimum atomic E-state index is -0.414.